The molecular weight excluding hydrogens is 398 g/mol. The van der Waals surface area contributed by atoms with Crippen molar-refractivity contribution in [1.29, 1.82) is 0 Å². The van der Waals surface area contributed by atoms with E-state index in [1.54, 1.807) is 0 Å². The molecule has 2 amide bonds. The molecule has 162 valence electrons. The Morgan fingerprint density at radius 2 is 1.97 bits per heavy atom. The number of nitrogens with one attached hydrogen (secondary N) is 2. The van der Waals surface area contributed by atoms with E-state index in [0.717, 1.165) is 11.3 Å². The van der Waals surface area contributed by atoms with E-state index in [4.69, 9.17) is 4.74 Å². The fraction of sp³-hybridized carbons (Fsp3) is 0.364. The Morgan fingerprint density at radius 1 is 1.23 bits per heavy atom. The second-order valence-corrected chi connectivity index (χ2v) is 7.94. The number of H-pyrrole nitrogens is 1. The van der Waals surface area contributed by atoms with E-state index >= 15 is 0 Å². The number of rotatable bonds is 4. The lowest BCUT2D eigenvalue weighted by atomic mass is 10.0. The molecule has 2 aromatic heterocycles. The van der Waals surface area contributed by atoms with Crippen LogP contribution in [0.3, 0.4) is 0 Å². The van der Waals surface area contributed by atoms with Gasteiger partial charge in [-0.05, 0) is 11.5 Å². The van der Waals surface area contributed by atoms with Gasteiger partial charge in [-0.3, -0.25) is 9.89 Å². The minimum Gasteiger partial charge on any atom is -0.467 e. The van der Waals surface area contributed by atoms with Crippen LogP contribution in [0.4, 0.5) is 4.79 Å². The minimum absolute atomic E-state index is 0.127. The Bertz CT molecular complexity index is 1180. The third-order valence-corrected chi connectivity index (χ3v) is 5.53. The molecule has 9 nitrogen and oxygen atoms in total. The zero-order valence-electron chi connectivity index (χ0n) is 17.7. The molecule has 1 aliphatic rings. The number of esters is 1. The van der Waals surface area contributed by atoms with Crippen molar-refractivity contribution >= 4 is 17.6 Å². The quantitative estimate of drug-likeness (QED) is 0.624. The highest BCUT2D eigenvalue weighted by Crippen LogP contribution is 2.20. The molecule has 0 bridgehead atoms. The van der Waals surface area contributed by atoms with Gasteiger partial charge in [0.15, 0.2) is 5.65 Å². The maximum Gasteiger partial charge on any atom is 0.328 e. The molecule has 3 aromatic rings. The maximum atomic E-state index is 13.1. The number of carbonyl (C=O) groups is 2. The van der Waals surface area contributed by atoms with Gasteiger partial charge in [0.1, 0.15) is 6.04 Å². The minimum atomic E-state index is -0.752. The van der Waals surface area contributed by atoms with Crippen molar-refractivity contribution in [2.24, 2.45) is 5.92 Å². The molecule has 3 heterocycles. The number of hydrogen-bond acceptors (Lipinski definition) is 5. The van der Waals surface area contributed by atoms with Crippen LogP contribution in [0.5, 0.6) is 0 Å². The van der Waals surface area contributed by atoms with Crippen molar-refractivity contribution in [3.63, 3.8) is 0 Å². The van der Waals surface area contributed by atoms with Gasteiger partial charge in [-0.15, -0.1) is 0 Å². The molecule has 0 unspecified atom stereocenters. The highest BCUT2D eigenvalue weighted by Gasteiger charge is 2.30. The summed E-state index contributed by atoms with van der Waals surface area (Å²) in [6.07, 6.45) is 0.463. The summed E-state index contributed by atoms with van der Waals surface area (Å²) in [4.78, 5) is 44.0. The van der Waals surface area contributed by atoms with Crippen molar-refractivity contribution in [1.82, 2.24) is 24.8 Å². The third-order valence-electron chi connectivity index (χ3n) is 5.53. The van der Waals surface area contributed by atoms with Gasteiger partial charge < -0.3 is 15.0 Å². The molecule has 0 aliphatic carbocycles. The van der Waals surface area contributed by atoms with Gasteiger partial charge in [-0.2, -0.15) is 0 Å². The normalized spacial score (nSPS) is 14.4. The second kappa shape index (κ2) is 8.25. The molecule has 1 atom stereocenters. The SMILES string of the molecule is COC(=O)[C@@H](NC(=O)N1CCc2nc3cc(-c4ccccc4)[nH]n3c(=O)c2C1)C(C)C. The molecule has 0 radical (unpaired) electrons. The first-order chi connectivity index (χ1) is 14.9. The van der Waals surface area contributed by atoms with Gasteiger partial charge in [-0.1, -0.05) is 44.2 Å². The second-order valence-electron chi connectivity index (χ2n) is 7.94. The number of nitrogens with zero attached hydrogens (tertiary/aromatic N) is 3. The molecule has 0 spiro atoms. The van der Waals surface area contributed by atoms with Gasteiger partial charge in [0.05, 0.1) is 30.6 Å². The Balaban J connectivity index is 1.61. The fourth-order valence-corrected chi connectivity index (χ4v) is 3.77. The molecule has 0 saturated heterocycles. The van der Waals surface area contributed by atoms with Crippen LogP contribution in [-0.2, 0) is 22.5 Å². The Labute approximate surface area is 179 Å². The summed E-state index contributed by atoms with van der Waals surface area (Å²) in [5, 5.41) is 5.83. The van der Waals surface area contributed by atoms with Crippen LogP contribution < -0.4 is 10.9 Å². The lowest BCUT2D eigenvalue weighted by molar-refractivity contribution is -0.144. The van der Waals surface area contributed by atoms with Crippen LogP contribution in [0.1, 0.15) is 25.1 Å². The molecule has 1 aromatic carbocycles. The Morgan fingerprint density at radius 3 is 2.65 bits per heavy atom. The molecule has 2 N–H and O–H groups in total. The summed E-state index contributed by atoms with van der Waals surface area (Å²) in [6, 6.07) is 10.4. The smallest absolute Gasteiger partial charge is 0.328 e. The predicted octanol–water partition coefficient (Wildman–Crippen LogP) is 1.95. The summed E-state index contributed by atoms with van der Waals surface area (Å²) in [7, 11) is 1.29. The summed E-state index contributed by atoms with van der Waals surface area (Å²) in [5.41, 5.74) is 3.23. The van der Waals surface area contributed by atoms with E-state index < -0.39 is 18.0 Å². The van der Waals surface area contributed by atoms with E-state index in [9.17, 15) is 14.4 Å². The molecule has 4 rings (SSSR count). The van der Waals surface area contributed by atoms with Crippen LogP contribution in [0.15, 0.2) is 41.2 Å². The van der Waals surface area contributed by atoms with E-state index in [1.165, 1.54) is 16.5 Å². The van der Waals surface area contributed by atoms with E-state index in [-0.39, 0.29) is 18.0 Å². The van der Waals surface area contributed by atoms with E-state index in [1.807, 2.05) is 50.2 Å². The molecule has 0 fully saturated rings. The van der Waals surface area contributed by atoms with Crippen LogP contribution >= 0.6 is 0 Å². The zero-order valence-corrected chi connectivity index (χ0v) is 17.7. The van der Waals surface area contributed by atoms with Gasteiger partial charge in [-0.25, -0.2) is 19.1 Å². The van der Waals surface area contributed by atoms with E-state index in [2.05, 4.69) is 15.4 Å². The van der Waals surface area contributed by atoms with Crippen molar-refractivity contribution < 1.29 is 14.3 Å². The van der Waals surface area contributed by atoms with Crippen LogP contribution in [0.2, 0.25) is 0 Å². The van der Waals surface area contributed by atoms with Crippen molar-refractivity contribution in [2.45, 2.75) is 32.9 Å². The average Bonchev–Trinajstić information content (AvgIpc) is 3.21. The lowest BCUT2D eigenvalue weighted by Gasteiger charge is -2.30. The number of fused-ring (bicyclic) bond motifs is 2. The fourth-order valence-electron chi connectivity index (χ4n) is 3.77. The topological polar surface area (TPSA) is 109 Å². The average molecular weight is 423 g/mol. The first-order valence-corrected chi connectivity index (χ1v) is 10.2. The van der Waals surface area contributed by atoms with Crippen molar-refractivity contribution in [3.05, 3.63) is 58.0 Å². The molecule has 31 heavy (non-hydrogen) atoms. The number of ether oxygens (including phenoxy) is 1. The molecule has 9 heteroatoms. The Kier molecular flexibility index (Phi) is 5.50. The summed E-state index contributed by atoms with van der Waals surface area (Å²) < 4.78 is 6.20. The van der Waals surface area contributed by atoms with Gasteiger partial charge in [0.25, 0.3) is 5.56 Å². The number of benzene rings is 1. The number of aromatic nitrogens is 3. The van der Waals surface area contributed by atoms with Crippen LogP contribution in [0, 0.1) is 5.92 Å². The highest BCUT2D eigenvalue weighted by atomic mass is 16.5. The number of methoxy groups -OCH3 is 1. The number of urea groups is 1. The lowest BCUT2D eigenvalue weighted by Crippen LogP contribution is -2.52. The van der Waals surface area contributed by atoms with Crippen LogP contribution in [-0.4, -0.2) is 51.2 Å². The van der Waals surface area contributed by atoms with Crippen LogP contribution in [0.25, 0.3) is 16.9 Å². The Hall–Kier alpha value is -3.62. The summed E-state index contributed by atoms with van der Waals surface area (Å²) in [6.45, 7) is 4.19. The maximum absolute atomic E-state index is 13.1. The third kappa shape index (κ3) is 3.90. The van der Waals surface area contributed by atoms with Crippen molar-refractivity contribution in [2.75, 3.05) is 13.7 Å². The zero-order chi connectivity index (χ0) is 22.1. The summed E-state index contributed by atoms with van der Waals surface area (Å²) >= 11 is 0. The first kappa shape index (κ1) is 20.6. The molecule has 1 aliphatic heterocycles. The van der Waals surface area contributed by atoms with Gasteiger partial charge >= 0.3 is 12.0 Å². The summed E-state index contributed by atoms with van der Waals surface area (Å²) in [5.74, 6) is -0.625. The predicted molar refractivity (Wildman–Crippen MR) is 115 cm³/mol. The number of carbonyl (C=O) groups excluding carboxylic acids is 2. The highest BCUT2D eigenvalue weighted by molar-refractivity contribution is 5.84. The van der Waals surface area contributed by atoms with Crippen molar-refractivity contribution in [3.8, 4) is 11.3 Å². The molecule has 0 saturated carbocycles. The molecular formula is C22H25N5O4. The monoisotopic (exact) mass is 423 g/mol. The van der Waals surface area contributed by atoms with E-state index in [0.29, 0.717) is 29.9 Å². The standard InChI is InChI=1S/C22H25N5O4/c1-13(2)19(21(29)31-3)24-22(30)26-10-9-16-15(12-26)20(28)27-18(23-16)11-17(25-27)14-7-5-4-6-8-14/h4-8,11,13,19,25H,9-10,12H2,1-3H3,(H,24,30)/t19-/m0/s1. The number of hydrogen-bond donors (Lipinski definition) is 2. The first-order valence-electron chi connectivity index (χ1n) is 10.2. The number of aromatic amines is 1. The largest absolute Gasteiger partial charge is 0.467 e. The van der Waals surface area contributed by atoms with Gasteiger partial charge in [0, 0.05) is 19.0 Å². The number of amides is 2. The van der Waals surface area contributed by atoms with Gasteiger partial charge in [0.2, 0.25) is 0 Å².